The van der Waals surface area contributed by atoms with Crippen molar-refractivity contribution in [3.8, 4) is 0 Å². The average Bonchev–Trinajstić information content (AvgIpc) is 2.87. The third kappa shape index (κ3) is 3.85. The van der Waals surface area contributed by atoms with Gasteiger partial charge >= 0.3 is 12.1 Å². The second-order valence-electron chi connectivity index (χ2n) is 4.36. The van der Waals surface area contributed by atoms with Gasteiger partial charge in [-0.15, -0.1) is 0 Å². The standard InChI is InChI=1S/C14H12F3NO3/c15-14(16,17)10-3-1-2-9(6-10)7-18-8-12-11(13(19)20)4-5-21-12/h1-6,18H,7-8H2,(H,19,20). The van der Waals surface area contributed by atoms with Gasteiger partial charge in [-0.1, -0.05) is 18.2 Å². The molecule has 0 fully saturated rings. The topological polar surface area (TPSA) is 62.5 Å². The zero-order chi connectivity index (χ0) is 15.5. The lowest BCUT2D eigenvalue weighted by molar-refractivity contribution is -0.137. The van der Waals surface area contributed by atoms with E-state index in [-0.39, 0.29) is 24.4 Å². The van der Waals surface area contributed by atoms with Gasteiger partial charge < -0.3 is 14.8 Å². The summed E-state index contributed by atoms with van der Waals surface area (Å²) in [4.78, 5) is 10.9. The van der Waals surface area contributed by atoms with Gasteiger partial charge in [0.1, 0.15) is 11.3 Å². The zero-order valence-electron chi connectivity index (χ0n) is 10.8. The summed E-state index contributed by atoms with van der Waals surface area (Å²) in [6.45, 7) is 0.286. The van der Waals surface area contributed by atoms with Crippen molar-refractivity contribution in [2.24, 2.45) is 0 Å². The summed E-state index contributed by atoms with van der Waals surface area (Å²) >= 11 is 0. The number of alkyl halides is 3. The van der Waals surface area contributed by atoms with Gasteiger partial charge in [0.25, 0.3) is 0 Å². The lowest BCUT2D eigenvalue weighted by Crippen LogP contribution is -2.15. The maximum absolute atomic E-state index is 12.6. The van der Waals surface area contributed by atoms with Crippen LogP contribution in [0.25, 0.3) is 0 Å². The van der Waals surface area contributed by atoms with Crippen LogP contribution in [0.5, 0.6) is 0 Å². The highest BCUT2D eigenvalue weighted by Gasteiger charge is 2.30. The Morgan fingerprint density at radius 2 is 2.00 bits per heavy atom. The van der Waals surface area contributed by atoms with Gasteiger partial charge in [0.2, 0.25) is 0 Å². The van der Waals surface area contributed by atoms with Crippen molar-refractivity contribution in [3.63, 3.8) is 0 Å². The van der Waals surface area contributed by atoms with E-state index in [1.165, 1.54) is 18.4 Å². The fraction of sp³-hybridized carbons (Fsp3) is 0.214. The van der Waals surface area contributed by atoms with Crippen molar-refractivity contribution in [2.75, 3.05) is 0 Å². The number of carboxylic acids is 1. The van der Waals surface area contributed by atoms with Gasteiger partial charge in [-0.05, 0) is 17.7 Å². The van der Waals surface area contributed by atoms with E-state index in [0.717, 1.165) is 12.1 Å². The Morgan fingerprint density at radius 1 is 1.24 bits per heavy atom. The number of furan rings is 1. The second-order valence-corrected chi connectivity index (χ2v) is 4.36. The van der Waals surface area contributed by atoms with Crippen molar-refractivity contribution >= 4 is 5.97 Å². The summed E-state index contributed by atoms with van der Waals surface area (Å²) in [7, 11) is 0. The minimum absolute atomic E-state index is 0.0338. The number of benzene rings is 1. The first kappa shape index (κ1) is 15.1. The molecule has 2 rings (SSSR count). The van der Waals surface area contributed by atoms with Crippen LogP contribution in [0.4, 0.5) is 13.2 Å². The van der Waals surface area contributed by atoms with E-state index < -0.39 is 17.7 Å². The van der Waals surface area contributed by atoms with E-state index in [1.807, 2.05) is 0 Å². The van der Waals surface area contributed by atoms with Crippen molar-refractivity contribution in [1.29, 1.82) is 0 Å². The lowest BCUT2D eigenvalue weighted by atomic mass is 10.1. The Morgan fingerprint density at radius 3 is 2.67 bits per heavy atom. The minimum Gasteiger partial charge on any atom is -0.478 e. The molecule has 1 aromatic heterocycles. The highest BCUT2D eigenvalue weighted by atomic mass is 19.4. The van der Waals surface area contributed by atoms with Gasteiger partial charge in [0, 0.05) is 6.54 Å². The molecule has 112 valence electrons. The SMILES string of the molecule is O=C(O)c1ccoc1CNCc1cccc(C(F)(F)F)c1. The summed E-state index contributed by atoms with van der Waals surface area (Å²) in [5, 5.41) is 11.7. The first-order valence-corrected chi connectivity index (χ1v) is 6.04. The van der Waals surface area contributed by atoms with Crippen LogP contribution in [-0.4, -0.2) is 11.1 Å². The molecule has 2 aromatic rings. The zero-order valence-corrected chi connectivity index (χ0v) is 10.8. The molecule has 1 heterocycles. The predicted octanol–water partition coefficient (Wildman–Crippen LogP) is 3.29. The molecule has 21 heavy (non-hydrogen) atoms. The molecule has 0 aliphatic rings. The molecule has 2 N–H and O–H groups in total. The van der Waals surface area contributed by atoms with Crippen molar-refractivity contribution < 1.29 is 27.5 Å². The van der Waals surface area contributed by atoms with Crippen LogP contribution in [0.15, 0.2) is 41.0 Å². The quantitative estimate of drug-likeness (QED) is 0.889. The predicted molar refractivity (Wildman–Crippen MR) is 67.7 cm³/mol. The number of halogens is 3. The normalized spacial score (nSPS) is 11.6. The summed E-state index contributed by atoms with van der Waals surface area (Å²) in [6, 6.07) is 6.26. The number of aromatic carboxylic acids is 1. The maximum atomic E-state index is 12.6. The van der Waals surface area contributed by atoms with Crippen LogP contribution in [0, 0.1) is 0 Å². The molecular weight excluding hydrogens is 287 g/mol. The summed E-state index contributed by atoms with van der Waals surface area (Å²) < 4.78 is 42.7. The Balaban J connectivity index is 1.98. The number of hydrogen-bond donors (Lipinski definition) is 2. The van der Waals surface area contributed by atoms with Crippen LogP contribution in [-0.2, 0) is 19.3 Å². The van der Waals surface area contributed by atoms with Crippen LogP contribution >= 0.6 is 0 Å². The minimum atomic E-state index is -4.38. The Labute approximate surface area is 118 Å². The van der Waals surface area contributed by atoms with E-state index in [0.29, 0.717) is 5.56 Å². The molecule has 0 aliphatic carbocycles. The molecule has 0 amide bonds. The van der Waals surface area contributed by atoms with Gasteiger partial charge in [-0.3, -0.25) is 0 Å². The highest BCUT2D eigenvalue weighted by molar-refractivity contribution is 5.88. The van der Waals surface area contributed by atoms with E-state index in [2.05, 4.69) is 5.32 Å². The third-order valence-corrected chi connectivity index (χ3v) is 2.84. The highest BCUT2D eigenvalue weighted by Crippen LogP contribution is 2.29. The van der Waals surface area contributed by atoms with E-state index in [1.54, 1.807) is 6.07 Å². The molecule has 0 saturated heterocycles. The first-order valence-electron chi connectivity index (χ1n) is 6.04. The van der Waals surface area contributed by atoms with Gasteiger partial charge in [-0.25, -0.2) is 4.79 Å². The van der Waals surface area contributed by atoms with Crippen molar-refractivity contribution in [1.82, 2.24) is 5.32 Å². The van der Waals surface area contributed by atoms with Gasteiger partial charge in [0.05, 0.1) is 18.4 Å². The fourth-order valence-corrected chi connectivity index (χ4v) is 1.85. The van der Waals surface area contributed by atoms with Crippen LogP contribution in [0.2, 0.25) is 0 Å². The smallest absolute Gasteiger partial charge is 0.416 e. The van der Waals surface area contributed by atoms with Crippen molar-refractivity contribution in [2.45, 2.75) is 19.3 Å². The summed E-state index contributed by atoms with van der Waals surface area (Å²) in [5.41, 5.74) is -0.231. The molecule has 0 saturated carbocycles. The van der Waals surface area contributed by atoms with Crippen LogP contribution in [0.3, 0.4) is 0 Å². The molecular formula is C14H12F3NO3. The number of hydrogen-bond acceptors (Lipinski definition) is 3. The molecule has 0 bridgehead atoms. The summed E-state index contributed by atoms with van der Waals surface area (Å²) in [6.07, 6.45) is -3.13. The fourth-order valence-electron chi connectivity index (χ4n) is 1.85. The molecule has 1 aromatic carbocycles. The largest absolute Gasteiger partial charge is 0.478 e. The van der Waals surface area contributed by atoms with E-state index >= 15 is 0 Å². The number of carboxylic acid groups (broad SMARTS) is 1. The first-order chi connectivity index (χ1) is 9.88. The monoisotopic (exact) mass is 299 g/mol. The molecule has 4 nitrogen and oxygen atoms in total. The number of rotatable bonds is 5. The van der Waals surface area contributed by atoms with E-state index in [4.69, 9.17) is 9.52 Å². The molecule has 0 atom stereocenters. The number of nitrogens with one attached hydrogen (secondary N) is 1. The molecule has 0 radical (unpaired) electrons. The lowest BCUT2D eigenvalue weighted by Gasteiger charge is -2.09. The second kappa shape index (κ2) is 6.01. The van der Waals surface area contributed by atoms with E-state index in [9.17, 15) is 18.0 Å². The Bertz CT molecular complexity index is 634. The Kier molecular flexibility index (Phi) is 4.32. The third-order valence-electron chi connectivity index (χ3n) is 2.84. The van der Waals surface area contributed by atoms with Crippen molar-refractivity contribution in [3.05, 3.63) is 59.0 Å². The molecule has 0 spiro atoms. The van der Waals surface area contributed by atoms with Gasteiger partial charge in [0.15, 0.2) is 0 Å². The molecule has 7 heteroatoms. The molecule has 0 aliphatic heterocycles. The van der Waals surface area contributed by atoms with Crippen LogP contribution < -0.4 is 5.32 Å². The number of carbonyl (C=O) groups is 1. The summed E-state index contributed by atoms with van der Waals surface area (Å²) in [5.74, 6) is -0.880. The molecule has 0 unspecified atom stereocenters. The maximum Gasteiger partial charge on any atom is 0.416 e. The average molecular weight is 299 g/mol. The Hall–Kier alpha value is -2.28. The van der Waals surface area contributed by atoms with Crippen LogP contribution in [0.1, 0.15) is 27.2 Å². The van der Waals surface area contributed by atoms with Gasteiger partial charge in [-0.2, -0.15) is 13.2 Å².